The number of halogens is 3. The number of nitrogens with two attached hydrogens (primary N) is 1. The van der Waals surface area contributed by atoms with Crippen LogP contribution < -0.4 is 11.1 Å². The maximum Gasteiger partial charge on any atom is 0.211 e. The fraction of sp³-hybridized carbons (Fsp3) is 0. The third-order valence-corrected chi connectivity index (χ3v) is 8.08. The highest BCUT2D eigenvalue weighted by Gasteiger charge is 2.32. The average molecular weight is 505 g/mol. The van der Waals surface area contributed by atoms with E-state index < -0.39 is 27.3 Å². The Morgan fingerprint density at radius 3 is 2.21 bits per heavy atom. The summed E-state index contributed by atoms with van der Waals surface area (Å²) in [6, 6.07) is 15.9. The van der Waals surface area contributed by atoms with Crippen LogP contribution in [0.15, 0.2) is 82.6 Å². The molecular formula is C23H15ClF2N2O3S2. The summed E-state index contributed by atoms with van der Waals surface area (Å²) in [6.45, 7) is 0. The summed E-state index contributed by atoms with van der Waals surface area (Å²) >= 11 is 6.65. The highest BCUT2D eigenvalue weighted by atomic mass is 35.5. The first kappa shape index (κ1) is 22.9. The highest BCUT2D eigenvalue weighted by molar-refractivity contribution is 7.92. The smallest absolute Gasteiger partial charge is 0.211 e. The van der Waals surface area contributed by atoms with Crippen LogP contribution in [-0.2, 0) is 9.84 Å². The quantitative estimate of drug-likeness (QED) is 0.311. The molecule has 10 heteroatoms. The van der Waals surface area contributed by atoms with Crippen molar-refractivity contribution in [2.75, 3.05) is 11.1 Å². The van der Waals surface area contributed by atoms with Crippen LogP contribution >= 0.6 is 22.9 Å². The van der Waals surface area contributed by atoms with Gasteiger partial charge in [-0.3, -0.25) is 4.79 Å². The second-order valence-electron chi connectivity index (χ2n) is 6.90. The van der Waals surface area contributed by atoms with Gasteiger partial charge in [0, 0.05) is 10.6 Å². The average Bonchev–Trinajstić information content (AvgIpc) is 3.12. The molecule has 4 rings (SSSR count). The van der Waals surface area contributed by atoms with E-state index in [1.165, 1.54) is 54.6 Å². The number of nitrogen functional groups attached to an aromatic ring is 1. The minimum Gasteiger partial charge on any atom is -0.396 e. The number of anilines is 3. The van der Waals surface area contributed by atoms with Crippen molar-refractivity contribution in [3.63, 3.8) is 0 Å². The van der Waals surface area contributed by atoms with E-state index in [1.807, 2.05) is 0 Å². The van der Waals surface area contributed by atoms with Gasteiger partial charge in [0.2, 0.25) is 15.6 Å². The second kappa shape index (κ2) is 8.93. The van der Waals surface area contributed by atoms with Gasteiger partial charge >= 0.3 is 0 Å². The summed E-state index contributed by atoms with van der Waals surface area (Å²) in [4.78, 5) is 12.5. The number of para-hydroxylation sites is 1. The molecule has 5 nitrogen and oxygen atoms in total. The maximum absolute atomic E-state index is 14.3. The normalized spacial score (nSPS) is 11.4. The van der Waals surface area contributed by atoms with Crippen molar-refractivity contribution in [3.8, 4) is 0 Å². The molecule has 0 saturated carbocycles. The predicted molar refractivity (Wildman–Crippen MR) is 125 cm³/mol. The van der Waals surface area contributed by atoms with Gasteiger partial charge in [-0.2, -0.15) is 0 Å². The predicted octanol–water partition coefficient (Wildman–Crippen LogP) is 6.07. The van der Waals surface area contributed by atoms with Crippen molar-refractivity contribution in [3.05, 3.63) is 99.9 Å². The van der Waals surface area contributed by atoms with Crippen LogP contribution in [0, 0.1) is 11.6 Å². The van der Waals surface area contributed by atoms with Crippen LogP contribution in [0.3, 0.4) is 0 Å². The number of benzene rings is 3. The number of hydrogen-bond donors (Lipinski definition) is 2. The van der Waals surface area contributed by atoms with Gasteiger partial charge < -0.3 is 11.1 Å². The monoisotopic (exact) mass is 504 g/mol. The van der Waals surface area contributed by atoms with Gasteiger partial charge in [-0.1, -0.05) is 23.7 Å². The number of sulfone groups is 1. The fourth-order valence-electron chi connectivity index (χ4n) is 3.10. The van der Waals surface area contributed by atoms with Crippen molar-refractivity contribution >= 4 is 54.9 Å². The Labute approximate surface area is 197 Å². The maximum atomic E-state index is 14.3. The molecule has 3 aromatic carbocycles. The number of rotatable bonds is 6. The van der Waals surface area contributed by atoms with Crippen LogP contribution in [0.25, 0.3) is 0 Å². The minimum absolute atomic E-state index is 0.00656. The van der Waals surface area contributed by atoms with Crippen LogP contribution in [0.4, 0.5) is 25.2 Å². The third kappa shape index (κ3) is 4.47. The van der Waals surface area contributed by atoms with Crippen LogP contribution in [0.1, 0.15) is 15.2 Å². The van der Waals surface area contributed by atoms with E-state index in [4.69, 9.17) is 17.3 Å². The molecule has 4 aromatic rings. The number of ketones is 1. The molecule has 0 radical (unpaired) electrons. The first-order valence-electron chi connectivity index (χ1n) is 9.43. The van der Waals surface area contributed by atoms with E-state index in [0.29, 0.717) is 5.02 Å². The van der Waals surface area contributed by atoms with Crippen LogP contribution in [-0.4, -0.2) is 14.2 Å². The molecule has 0 unspecified atom stereocenters. The first-order valence-corrected chi connectivity index (χ1v) is 12.1. The van der Waals surface area contributed by atoms with Gasteiger partial charge in [-0.15, -0.1) is 11.3 Å². The van der Waals surface area contributed by atoms with Crippen LogP contribution in [0.5, 0.6) is 0 Å². The van der Waals surface area contributed by atoms with Crippen LogP contribution in [0.2, 0.25) is 5.02 Å². The van der Waals surface area contributed by atoms with E-state index in [-0.39, 0.29) is 36.6 Å². The largest absolute Gasteiger partial charge is 0.396 e. The number of hydrogen-bond acceptors (Lipinski definition) is 6. The minimum atomic E-state index is -4.22. The van der Waals surface area contributed by atoms with E-state index in [2.05, 4.69) is 5.32 Å². The summed E-state index contributed by atoms with van der Waals surface area (Å²) in [5, 5.41) is 3.06. The highest BCUT2D eigenvalue weighted by Crippen LogP contribution is 2.44. The molecule has 0 aliphatic rings. The topological polar surface area (TPSA) is 89.3 Å². The molecule has 0 fully saturated rings. The summed E-state index contributed by atoms with van der Waals surface area (Å²) in [7, 11) is -4.22. The lowest BCUT2D eigenvalue weighted by Gasteiger charge is -2.10. The lowest BCUT2D eigenvalue weighted by atomic mass is 10.1. The van der Waals surface area contributed by atoms with Gasteiger partial charge in [0.1, 0.15) is 26.4 Å². The molecule has 168 valence electrons. The Morgan fingerprint density at radius 1 is 0.939 bits per heavy atom. The molecule has 0 aliphatic heterocycles. The Balaban J connectivity index is 1.89. The molecule has 0 spiro atoms. The number of carbonyl (C=O) groups is 1. The SMILES string of the molecule is Nc1c(C(=O)c2ccc(F)cc2)sc(Nc2ccccc2F)c1S(=O)(=O)c1ccc(Cl)cc1. The number of carbonyl (C=O) groups excluding carboxylic acids is 1. The van der Waals surface area contributed by atoms with E-state index in [0.717, 1.165) is 23.5 Å². The van der Waals surface area contributed by atoms with Gasteiger partial charge in [0.25, 0.3) is 0 Å². The van der Waals surface area contributed by atoms with Crippen molar-refractivity contribution in [1.29, 1.82) is 0 Å². The van der Waals surface area contributed by atoms with Gasteiger partial charge in [0.05, 0.1) is 16.3 Å². The van der Waals surface area contributed by atoms with E-state index in [9.17, 15) is 22.0 Å². The molecule has 0 bridgehead atoms. The molecule has 33 heavy (non-hydrogen) atoms. The molecule has 1 heterocycles. The van der Waals surface area contributed by atoms with E-state index in [1.54, 1.807) is 6.07 Å². The molecule has 3 N–H and O–H groups in total. The Morgan fingerprint density at radius 2 is 1.58 bits per heavy atom. The first-order chi connectivity index (χ1) is 15.7. The van der Waals surface area contributed by atoms with E-state index >= 15 is 0 Å². The fourth-order valence-corrected chi connectivity index (χ4v) is 6.15. The summed E-state index contributed by atoms with van der Waals surface area (Å²) < 4.78 is 54.5. The zero-order chi connectivity index (χ0) is 23.8. The Kier molecular flexibility index (Phi) is 6.20. The molecule has 0 saturated heterocycles. The van der Waals surface area contributed by atoms with Crippen molar-refractivity contribution in [2.24, 2.45) is 0 Å². The number of thiophene rings is 1. The molecule has 1 aromatic heterocycles. The summed E-state index contributed by atoms with van der Waals surface area (Å²) in [6.07, 6.45) is 0. The second-order valence-corrected chi connectivity index (χ2v) is 10.2. The van der Waals surface area contributed by atoms with Gasteiger partial charge in [-0.05, 0) is 60.7 Å². The molecule has 0 aliphatic carbocycles. The zero-order valence-electron chi connectivity index (χ0n) is 16.7. The molecule has 0 atom stereocenters. The Bertz CT molecular complexity index is 1450. The number of nitrogens with one attached hydrogen (secondary N) is 1. The molecule has 0 amide bonds. The summed E-state index contributed by atoms with van der Waals surface area (Å²) in [5.41, 5.74) is 6.03. The van der Waals surface area contributed by atoms with Crippen molar-refractivity contribution in [2.45, 2.75) is 9.79 Å². The summed E-state index contributed by atoms with van der Waals surface area (Å²) in [5.74, 6) is -1.74. The Hall–Kier alpha value is -3.27. The standard InChI is InChI=1S/C23H15ClF2N2O3S2/c24-14-7-11-16(12-8-14)33(30,31)22-19(27)21(20(29)13-5-9-15(25)10-6-13)32-23(22)28-18-4-2-1-3-17(18)26/h1-12,28H,27H2. The van der Waals surface area contributed by atoms with Gasteiger partial charge in [0.15, 0.2) is 0 Å². The third-order valence-electron chi connectivity index (χ3n) is 4.73. The lowest BCUT2D eigenvalue weighted by Crippen LogP contribution is -2.08. The van der Waals surface area contributed by atoms with Crippen molar-refractivity contribution < 1.29 is 22.0 Å². The lowest BCUT2D eigenvalue weighted by molar-refractivity contribution is 0.104. The van der Waals surface area contributed by atoms with Gasteiger partial charge in [-0.25, -0.2) is 17.2 Å². The zero-order valence-corrected chi connectivity index (χ0v) is 19.1. The van der Waals surface area contributed by atoms with Crippen molar-refractivity contribution in [1.82, 2.24) is 0 Å². The molecular weight excluding hydrogens is 490 g/mol.